The number of carbonyl (C=O) groups excluding carboxylic acids is 1. The lowest BCUT2D eigenvalue weighted by Gasteiger charge is -2.31. The Bertz CT molecular complexity index is 1520. The van der Waals surface area contributed by atoms with Crippen molar-refractivity contribution in [2.24, 2.45) is 5.92 Å². The Labute approximate surface area is 239 Å². The molecule has 39 heavy (non-hydrogen) atoms. The summed E-state index contributed by atoms with van der Waals surface area (Å²) >= 11 is 11.9. The van der Waals surface area contributed by atoms with Crippen molar-refractivity contribution in [2.75, 3.05) is 28.9 Å². The molecule has 0 radical (unpaired) electrons. The van der Waals surface area contributed by atoms with Crippen LogP contribution in [-0.4, -0.2) is 45.9 Å². The number of carbonyl (C=O) groups is 1. The molecule has 3 aromatic rings. The van der Waals surface area contributed by atoms with Gasteiger partial charge >= 0.3 is 0 Å². The predicted octanol–water partition coefficient (Wildman–Crippen LogP) is 5.41. The number of aryl methyl sites for hydroxylation is 1. The van der Waals surface area contributed by atoms with Crippen LogP contribution in [0.5, 0.6) is 0 Å². The monoisotopic (exact) mass is 609 g/mol. The number of nitrogens with one attached hydrogen (secondary N) is 2. The molecule has 0 bridgehead atoms. The number of sulfonamides is 2. The second-order valence-corrected chi connectivity index (χ2v) is 14.0. The van der Waals surface area contributed by atoms with Crippen LogP contribution in [0, 0.1) is 5.92 Å². The molecule has 8 nitrogen and oxygen atoms in total. The molecule has 0 aliphatic carbocycles. The predicted molar refractivity (Wildman–Crippen MR) is 155 cm³/mol. The molecule has 1 unspecified atom stereocenters. The summed E-state index contributed by atoms with van der Waals surface area (Å²) in [5.41, 5.74) is 1.69. The second kappa shape index (κ2) is 12.7. The molecule has 2 N–H and O–H groups in total. The van der Waals surface area contributed by atoms with Gasteiger partial charge in [-0.3, -0.25) is 9.52 Å². The fourth-order valence-corrected chi connectivity index (χ4v) is 7.55. The lowest BCUT2D eigenvalue weighted by Crippen LogP contribution is -2.44. The highest BCUT2D eigenvalue weighted by Crippen LogP contribution is 2.28. The van der Waals surface area contributed by atoms with Gasteiger partial charge in [-0.2, -0.15) is 0 Å². The smallest absolute Gasteiger partial charge is 0.261 e. The van der Waals surface area contributed by atoms with Crippen LogP contribution in [0.3, 0.4) is 0 Å². The van der Waals surface area contributed by atoms with Gasteiger partial charge in [-0.05, 0) is 73.7 Å². The van der Waals surface area contributed by atoms with E-state index in [0.717, 1.165) is 5.56 Å². The Morgan fingerprint density at radius 1 is 0.949 bits per heavy atom. The molecule has 1 heterocycles. The standard InChI is InChI=1S/C27H29Cl2N3O5S2/c28-22-10-15-26(25(29)18-22)31-39(36,37)24-13-11-23(12-14-24)30-27(33)21-9-4-16-32(19-21)38(34,35)17-5-8-20-6-2-1-3-7-20/h1-3,6-7,10-15,18,21,31H,4-5,8-9,16-17,19H2,(H,30,33). The summed E-state index contributed by atoms with van der Waals surface area (Å²) in [4.78, 5) is 12.9. The Balaban J connectivity index is 1.33. The number of nitrogens with zero attached hydrogens (tertiary/aromatic N) is 1. The minimum Gasteiger partial charge on any atom is -0.326 e. The van der Waals surface area contributed by atoms with E-state index in [9.17, 15) is 21.6 Å². The van der Waals surface area contributed by atoms with Gasteiger partial charge in [0.1, 0.15) is 0 Å². The molecule has 12 heteroatoms. The van der Waals surface area contributed by atoms with Crippen molar-refractivity contribution in [3.63, 3.8) is 0 Å². The van der Waals surface area contributed by atoms with Crippen LogP contribution < -0.4 is 10.0 Å². The maximum atomic E-state index is 12.9. The summed E-state index contributed by atoms with van der Waals surface area (Å²) in [5.74, 6) is -0.776. The van der Waals surface area contributed by atoms with E-state index in [1.807, 2.05) is 30.3 Å². The number of rotatable bonds is 10. The lowest BCUT2D eigenvalue weighted by atomic mass is 9.99. The van der Waals surface area contributed by atoms with Crippen LogP contribution in [0.1, 0.15) is 24.8 Å². The van der Waals surface area contributed by atoms with E-state index in [0.29, 0.717) is 42.9 Å². The molecule has 3 aromatic carbocycles. The SMILES string of the molecule is O=C(Nc1ccc(S(=O)(=O)Nc2ccc(Cl)cc2Cl)cc1)C1CCCN(S(=O)(=O)CCCc2ccccc2)C1. The van der Waals surface area contributed by atoms with Crippen LogP contribution >= 0.6 is 23.2 Å². The average molecular weight is 611 g/mol. The Morgan fingerprint density at radius 3 is 2.36 bits per heavy atom. The van der Waals surface area contributed by atoms with E-state index in [2.05, 4.69) is 10.0 Å². The Morgan fingerprint density at radius 2 is 1.67 bits per heavy atom. The first-order valence-electron chi connectivity index (χ1n) is 12.4. The first-order chi connectivity index (χ1) is 18.5. The molecular formula is C27H29Cl2N3O5S2. The van der Waals surface area contributed by atoms with Crippen LogP contribution in [0.2, 0.25) is 10.0 Å². The fraction of sp³-hybridized carbons (Fsp3) is 0.296. The Hall–Kier alpha value is -2.63. The van der Waals surface area contributed by atoms with Crippen molar-refractivity contribution in [3.05, 3.63) is 88.4 Å². The summed E-state index contributed by atoms with van der Waals surface area (Å²) in [5, 5.41) is 3.32. The molecule has 0 aromatic heterocycles. The molecule has 4 rings (SSSR count). The van der Waals surface area contributed by atoms with Crippen LogP contribution in [0.15, 0.2) is 77.7 Å². The fourth-order valence-electron chi connectivity index (χ4n) is 4.38. The van der Waals surface area contributed by atoms with E-state index >= 15 is 0 Å². The van der Waals surface area contributed by atoms with E-state index in [4.69, 9.17) is 23.2 Å². The van der Waals surface area contributed by atoms with Gasteiger partial charge in [0.05, 0.1) is 27.3 Å². The zero-order chi connectivity index (χ0) is 28.0. The molecule has 1 atom stereocenters. The van der Waals surface area contributed by atoms with Crippen LogP contribution in [0.4, 0.5) is 11.4 Å². The van der Waals surface area contributed by atoms with E-state index < -0.39 is 26.0 Å². The first kappa shape index (κ1) is 29.4. The van der Waals surface area contributed by atoms with Crippen molar-refractivity contribution in [1.82, 2.24) is 4.31 Å². The van der Waals surface area contributed by atoms with Gasteiger partial charge in [-0.15, -0.1) is 0 Å². The lowest BCUT2D eigenvalue weighted by molar-refractivity contribution is -0.120. The molecule has 1 saturated heterocycles. The number of hydrogen-bond acceptors (Lipinski definition) is 5. The molecule has 1 amide bonds. The van der Waals surface area contributed by atoms with Crippen molar-refractivity contribution < 1.29 is 21.6 Å². The average Bonchev–Trinajstić information content (AvgIpc) is 2.91. The summed E-state index contributed by atoms with van der Waals surface area (Å²) < 4.78 is 55.2. The van der Waals surface area contributed by atoms with Gasteiger partial charge < -0.3 is 5.32 Å². The highest BCUT2D eigenvalue weighted by Gasteiger charge is 2.32. The van der Waals surface area contributed by atoms with Crippen LogP contribution in [-0.2, 0) is 31.3 Å². The van der Waals surface area contributed by atoms with Gasteiger partial charge in [0.15, 0.2) is 0 Å². The number of piperidine rings is 1. The third kappa shape index (κ3) is 7.95. The van der Waals surface area contributed by atoms with Gasteiger partial charge in [0.2, 0.25) is 15.9 Å². The largest absolute Gasteiger partial charge is 0.326 e. The van der Waals surface area contributed by atoms with Crippen molar-refractivity contribution in [3.8, 4) is 0 Å². The number of benzene rings is 3. The van der Waals surface area contributed by atoms with Crippen molar-refractivity contribution >= 4 is 60.5 Å². The zero-order valence-corrected chi connectivity index (χ0v) is 24.2. The van der Waals surface area contributed by atoms with Gasteiger partial charge in [0.25, 0.3) is 10.0 Å². The number of anilines is 2. The summed E-state index contributed by atoms with van der Waals surface area (Å²) in [6, 6.07) is 19.8. The molecule has 208 valence electrons. The van der Waals surface area contributed by atoms with Crippen LogP contribution in [0.25, 0.3) is 0 Å². The molecule has 1 fully saturated rings. The summed E-state index contributed by atoms with van der Waals surface area (Å²) in [7, 11) is -7.41. The maximum absolute atomic E-state index is 12.9. The van der Waals surface area contributed by atoms with E-state index in [1.165, 1.54) is 46.8 Å². The molecule has 1 aliphatic heterocycles. The third-order valence-corrected chi connectivity index (χ3v) is 10.3. The molecule has 1 aliphatic rings. The second-order valence-electron chi connectivity index (χ2n) is 9.35. The normalized spacial score (nSPS) is 16.5. The minimum atomic E-state index is -3.93. The van der Waals surface area contributed by atoms with E-state index in [-0.39, 0.29) is 33.8 Å². The summed E-state index contributed by atoms with van der Waals surface area (Å²) in [6.07, 6.45) is 2.34. The van der Waals surface area contributed by atoms with Gasteiger partial charge in [-0.25, -0.2) is 21.1 Å². The van der Waals surface area contributed by atoms with Crippen molar-refractivity contribution in [2.45, 2.75) is 30.6 Å². The number of amides is 1. The quantitative estimate of drug-likeness (QED) is 0.319. The highest BCUT2D eigenvalue weighted by atomic mass is 35.5. The van der Waals surface area contributed by atoms with E-state index in [1.54, 1.807) is 0 Å². The molecule has 0 saturated carbocycles. The summed E-state index contributed by atoms with van der Waals surface area (Å²) in [6.45, 7) is 0.520. The zero-order valence-electron chi connectivity index (χ0n) is 21.0. The molecule has 0 spiro atoms. The van der Waals surface area contributed by atoms with Gasteiger partial charge in [-0.1, -0.05) is 53.5 Å². The topological polar surface area (TPSA) is 113 Å². The molecular weight excluding hydrogens is 581 g/mol. The van der Waals surface area contributed by atoms with Gasteiger partial charge in [0, 0.05) is 23.8 Å². The first-order valence-corrected chi connectivity index (χ1v) is 16.3. The number of hydrogen-bond donors (Lipinski definition) is 2. The van der Waals surface area contributed by atoms with Crippen molar-refractivity contribution in [1.29, 1.82) is 0 Å². The minimum absolute atomic E-state index is 0.0167. The number of halogens is 2. The Kier molecular flexibility index (Phi) is 9.56. The third-order valence-electron chi connectivity index (χ3n) is 6.47. The highest BCUT2D eigenvalue weighted by molar-refractivity contribution is 7.92. The maximum Gasteiger partial charge on any atom is 0.261 e.